The van der Waals surface area contributed by atoms with Crippen molar-refractivity contribution in [2.45, 2.75) is 6.23 Å². The molecule has 0 saturated carbocycles. The van der Waals surface area contributed by atoms with Gasteiger partial charge in [0.05, 0.1) is 0 Å². The number of nitrogens with one attached hydrogen (secondary N) is 1. The van der Waals surface area contributed by atoms with Crippen molar-refractivity contribution in [2.24, 2.45) is 4.99 Å². The third kappa shape index (κ3) is 2.05. The quantitative estimate of drug-likeness (QED) is 0.850. The highest BCUT2D eigenvalue weighted by Crippen LogP contribution is 2.22. The Bertz CT molecular complexity index is 522. The van der Waals surface area contributed by atoms with Crippen LogP contribution in [0.5, 0.6) is 0 Å². The van der Waals surface area contributed by atoms with E-state index >= 15 is 0 Å². The first-order valence-electron chi connectivity index (χ1n) is 5.53. The second-order valence-electron chi connectivity index (χ2n) is 3.83. The van der Waals surface area contributed by atoms with Crippen LogP contribution in [0.15, 0.2) is 65.7 Å². The minimum atomic E-state index is -0.258. The van der Waals surface area contributed by atoms with Crippen LogP contribution in [0.2, 0.25) is 0 Å². The van der Waals surface area contributed by atoms with Gasteiger partial charge in [0.25, 0.3) is 0 Å². The number of hydroxylamine groups is 1. The predicted octanol–water partition coefficient (Wildman–Crippen LogP) is 2.67. The largest absolute Gasteiger partial charge is 0.246 e. The molecule has 1 heterocycles. The molecule has 1 N–H and O–H groups in total. The molecule has 1 atom stereocenters. The molecular weight excluding hydrogens is 212 g/mol. The van der Waals surface area contributed by atoms with Crippen LogP contribution in [-0.2, 0) is 4.84 Å². The van der Waals surface area contributed by atoms with Crippen molar-refractivity contribution in [3.05, 3.63) is 71.8 Å². The highest BCUT2D eigenvalue weighted by atomic mass is 16.7. The molecular formula is C14H12N2O. The maximum absolute atomic E-state index is 5.45. The van der Waals surface area contributed by atoms with Crippen molar-refractivity contribution in [1.82, 2.24) is 5.48 Å². The lowest BCUT2D eigenvalue weighted by Crippen LogP contribution is -2.17. The number of aliphatic imine (C=N–C) groups is 1. The van der Waals surface area contributed by atoms with Crippen LogP contribution < -0.4 is 5.48 Å². The van der Waals surface area contributed by atoms with Crippen LogP contribution in [0.25, 0.3) is 0 Å². The fourth-order valence-corrected chi connectivity index (χ4v) is 1.77. The predicted molar refractivity (Wildman–Crippen MR) is 66.4 cm³/mol. The maximum atomic E-state index is 5.45. The number of hydrogen-bond donors (Lipinski definition) is 1. The summed E-state index contributed by atoms with van der Waals surface area (Å²) >= 11 is 0. The smallest absolute Gasteiger partial charge is 0.202 e. The second kappa shape index (κ2) is 4.39. The monoisotopic (exact) mass is 224 g/mol. The average molecular weight is 224 g/mol. The fraction of sp³-hybridized carbons (Fsp3) is 0.0714. The second-order valence-corrected chi connectivity index (χ2v) is 3.83. The average Bonchev–Trinajstić information content (AvgIpc) is 2.90. The van der Waals surface area contributed by atoms with Gasteiger partial charge in [0.2, 0.25) is 6.23 Å². The first-order valence-corrected chi connectivity index (χ1v) is 5.53. The molecule has 3 nitrogen and oxygen atoms in total. The summed E-state index contributed by atoms with van der Waals surface area (Å²) in [5.74, 6) is 0.777. The van der Waals surface area contributed by atoms with Crippen molar-refractivity contribution < 1.29 is 4.84 Å². The Morgan fingerprint density at radius 1 is 0.882 bits per heavy atom. The van der Waals surface area contributed by atoms with Crippen LogP contribution in [0.3, 0.4) is 0 Å². The molecule has 0 amide bonds. The van der Waals surface area contributed by atoms with E-state index in [0.717, 1.165) is 17.0 Å². The molecule has 1 aliphatic heterocycles. The molecule has 2 aromatic rings. The van der Waals surface area contributed by atoms with Gasteiger partial charge < -0.3 is 0 Å². The third-order valence-corrected chi connectivity index (χ3v) is 2.65. The van der Waals surface area contributed by atoms with Crippen molar-refractivity contribution in [1.29, 1.82) is 0 Å². The minimum Gasteiger partial charge on any atom is -0.246 e. The molecule has 2 aromatic carbocycles. The fourth-order valence-electron chi connectivity index (χ4n) is 1.77. The topological polar surface area (TPSA) is 33.6 Å². The van der Waals surface area contributed by atoms with E-state index in [-0.39, 0.29) is 6.23 Å². The third-order valence-electron chi connectivity index (χ3n) is 2.65. The van der Waals surface area contributed by atoms with E-state index in [4.69, 9.17) is 4.84 Å². The van der Waals surface area contributed by atoms with Crippen LogP contribution in [0.4, 0.5) is 0 Å². The van der Waals surface area contributed by atoms with Gasteiger partial charge in [0, 0.05) is 11.1 Å². The Morgan fingerprint density at radius 3 is 2.24 bits per heavy atom. The summed E-state index contributed by atoms with van der Waals surface area (Å²) in [5, 5.41) is 0. The maximum Gasteiger partial charge on any atom is 0.202 e. The summed E-state index contributed by atoms with van der Waals surface area (Å²) < 4.78 is 0. The molecule has 1 aliphatic rings. The number of nitrogens with zero attached hydrogens (tertiary/aromatic N) is 1. The molecule has 0 spiro atoms. The molecule has 17 heavy (non-hydrogen) atoms. The summed E-state index contributed by atoms with van der Waals surface area (Å²) in [5.41, 5.74) is 4.95. The van der Waals surface area contributed by atoms with E-state index in [1.54, 1.807) is 0 Å². The van der Waals surface area contributed by atoms with Gasteiger partial charge in [-0.25, -0.2) is 15.3 Å². The van der Waals surface area contributed by atoms with Crippen LogP contribution in [-0.4, -0.2) is 5.84 Å². The van der Waals surface area contributed by atoms with Gasteiger partial charge in [-0.15, -0.1) is 0 Å². The van der Waals surface area contributed by atoms with Crippen molar-refractivity contribution in [2.75, 3.05) is 0 Å². The Morgan fingerprint density at radius 2 is 1.53 bits per heavy atom. The number of rotatable bonds is 2. The summed E-state index contributed by atoms with van der Waals surface area (Å²) in [6, 6.07) is 19.9. The molecule has 0 aliphatic carbocycles. The number of amidine groups is 1. The van der Waals surface area contributed by atoms with Crippen LogP contribution in [0, 0.1) is 0 Å². The first-order chi connectivity index (χ1) is 8.43. The Balaban J connectivity index is 1.87. The molecule has 1 unspecified atom stereocenters. The Labute approximate surface area is 99.7 Å². The highest BCUT2D eigenvalue weighted by molar-refractivity contribution is 5.98. The van der Waals surface area contributed by atoms with Gasteiger partial charge in [-0.1, -0.05) is 60.7 Å². The van der Waals surface area contributed by atoms with Gasteiger partial charge in [-0.3, -0.25) is 0 Å². The van der Waals surface area contributed by atoms with Gasteiger partial charge >= 0.3 is 0 Å². The van der Waals surface area contributed by atoms with E-state index in [1.165, 1.54) is 0 Å². The first kappa shape index (κ1) is 10.1. The van der Waals surface area contributed by atoms with E-state index < -0.39 is 0 Å². The van der Waals surface area contributed by atoms with Gasteiger partial charge in [0.15, 0.2) is 5.84 Å². The van der Waals surface area contributed by atoms with E-state index in [0.29, 0.717) is 0 Å². The van der Waals surface area contributed by atoms with E-state index in [9.17, 15) is 0 Å². The lowest BCUT2D eigenvalue weighted by atomic mass is 10.2. The Kier molecular flexibility index (Phi) is 2.60. The standard InChI is InChI=1S/C14H12N2O/c1-3-7-11(8-4-1)13-15-14(17-16-13)12-9-5-2-6-10-12/h1-10,14H,(H,15,16). The molecule has 0 bridgehead atoms. The lowest BCUT2D eigenvalue weighted by Gasteiger charge is -2.04. The molecule has 0 saturated heterocycles. The molecule has 84 valence electrons. The zero-order valence-electron chi connectivity index (χ0n) is 9.21. The van der Waals surface area contributed by atoms with Crippen molar-refractivity contribution in [3.63, 3.8) is 0 Å². The van der Waals surface area contributed by atoms with Crippen LogP contribution >= 0.6 is 0 Å². The molecule has 0 fully saturated rings. The van der Waals surface area contributed by atoms with Crippen molar-refractivity contribution >= 4 is 5.84 Å². The summed E-state index contributed by atoms with van der Waals surface area (Å²) in [6.07, 6.45) is -0.258. The summed E-state index contributed by atoms with van der Waals surface area (Å²) in [6.45, 7) is 0. The SMILES string of the molecule is c1ccc(C2=NC(c3ccccc3)ON2)cc1. The summed E-state index contributed by atoms with van der Waals surface area (Å²) in [7, 11) is 0. The normalized spacial score (nSPS) is 18.6. The van der Waals surface area contributed by atoms with Gasteiger partial charge in [-0.05, 0) is 0 Å². The van der Waals surface area contributed by atoms with E-state index in [1.807, 2.05) is 60.7 Å². The zero-order valence-corrected chi connectivity index (χ0v) is 9.21. The number of hydrogen-bond acceptors (Lipinski definition) is 3. The minimum absolute atomic E-state index is 0.258. The van der Waals surface area contributed by atoms with E-state index in [2.05, 4.69) is 10.5 Å². The van der Waals surface area contributed by atoms with Crippen molar-refractivity contribution in [3.8, 4) is 0 Å². The van der Waals surface area contributed by atoms with Gasteiger partial charge in [-0.2, -0.15) is 0 Å². The summed E-state index contributed by atoms with van der Waals surface area (Å²) in [4.78, 5) is 9.96. The Hall–Kier alpha value is -2.13. The highest BCUT2D eigenvalue weighted by Gasteiger charge is 2.19. The lowest BCUT2D eigenvalue weighted by molar-refractivity contribution is 0.0377. The van der Waals surface area contributed by atoms with Gasteiger partial charge in [0.1, 0.15) is 0 Å². The molecule has 0 radical (unpaired) electrons. The van der Waals surface area contributed by atoms with Crippen LogP contribution in [0.1, 0.15) is 17.4 Å². The number of benzene rings is 2. The zero-order chi connectivity index (χ0) is 11.5. The molecule has 3 rings (SSSR count). The molecule has 0 aromatic heterocycles. The molecule has 3 heteroatoms.